The second-order valence-corrected chi connectivity index (χ2v) is 4.97. The number of aliphatic carboxylic acids is 1. The number of carbonyl (C=O) groups excluding carboxylic acids is 1. The van der Waals surface area contributed by atoms with Crippen molar-refractivity contribution in [1.29, 1.82) is 0 Å². The molecule has 128 valence electrons. The molecule has 0 aliphatic heterocycles. The van der Waals surface area contributed by atoms with E-state index in [9.17, 15) is 14.7 Å². The predicted molar refractivity (Wildman–Crippen MR) is 91.2 cm³/mol. The van der Waals surface area contributed by atoms with E-state index in [-0.39, 0.29) is 25.4 Å². The highest BCUT2D eigenvalue weighted by Gasteiger charge is 2.20. The monoisotopic (exact) mass is 350 g/mol. The molecule has 0 aliphatic carbocycles. The Morgan fingerprint density at radius 3 is 2.46 bits per heavy atom. The summed E-state index contributed by atoms with van der Waals surface area (Å²) in [6.45, 7) is 0.162. The number of amides is 1. The lowest BCUT2D eigenvalue weighted by molar-refractivity contribution is -0.139. The molecular formula is C17H19ClN2O4. The highest BCUT2D eigenvalue weighted by Crippen LogP contribution is 2.04. The number of carboxylic acid groups (broad SMARTS) is 1. The zero-order valence-electron chi connectivity index (χ0n) is 12.9. The molecule has 0 saturated carbocycles. The topological polar surface area (TPSA) is 88.5 Å². The van der Waals surface area contributed by atoms with Crippen molar-refractivity contribution in [2.45, 2.75) is 18.9 Å². The van der Waals surface area contributed by atoms with Crippen molar-refractivity contribution in [2.24, 2.45) is 0 Å². The Kier molecular flexibility index (Phi) is 8.29. The number of pyridine rings is 1. The van der Waals surface area contributed by atoms with E-state index in [4.69, 9.17) is 4.74 Å². The third kappa shape index (κ3) is 6.66. The molecule has 0 bridgehead atoms. The lowest BCUT2D eigenvalue weighted by Crippen LogP contribution is -2.42. The number of carbonyl (C=O) groups is 2. The van der Waals surface area contributed by atoms with E-state index < -0.39 is 18.1 Å². The molecule has 24 heavy (non-hydrogen) atoms. The zero-order valence-corrected chi connectivity index (χ0v) is 13.7. The molecule has 7 heteroatoms. The van der Waals surface area contributed by atoms with E-state index in [0.29, 0.717) is 6.42 Å². The van der Waals surface area contributed by atoms with Crippen LogP contribution in [-0.2, 0) is 22.4 Å². The normalized spacial score (nSPS) is 11.0. The maximum Gasteiger partial charge on any atom is 0.407 e. The molecule has 1 aromatic heterocycles. The van der Waals surface area contributed by atoms with Gasteiger partial charge in [-0.3, -0.25) is 4.98 Å². The number of rotatable bonds is 7. The largest absolute Gasteiger partial charge is 0.480 e. The summed E-state index contributed by atoms with van der Waals surface area (Å²) in [5, 5.41) is 11.6. The first kappa shape index (κ1) is 19.4. The first-order valence-corrected chi connectivity index (χ1v) is 7.24. The van der Waals surface area contributed by atoms with Gasteiger partial charge in [0, 0.05) is 25.2 Å². The van der Waals surface area contributed by atoms with Crippen molar-refractivity contribution >= 4 is 24.5 Å². The first-order valence-electron chi connectivity index (χ1n) is 7.24. The molecular weight excluding hydrogens is 332 g/mol. The van der Waals surface area contributed by atoms with Gasteiger partial charge in [-0.25, -0.2) is 9.59 Å². The molecule has 0 saturated heterocycles. The smallest absolute Gasteiger partial charge is 0.407 e. The highest BCUT2D eigenvalue weighted by atomic mass is 35.5. The molecule has 1 unspecified atom stereocenters. The van der Waals surface area contributed by atoms with Gasteiger partial charge >= 0.3 is 12.1 Å². The number of halogens is 1. The zero-order chi connectivity index (χ0) is 16.5. The van der Waals surface area contributed by atoms with E-state index in [1.807, 2.05) is 36.4 Å². The average molecular weight is 351 g/mol. The Hall–Kier alpha value is -2.60. The van der Waals surface area contributed by atoms with Crippen LogP contribution in [0.15, 0.2) is 54.9 Å². The number of nitrogens with zero attached hydrogens (tertiary/aromatic N) is 1. The fourth-order valence-corrected chi connectivity index (χ4v) is 2.04. The van der Waals surface area contributed by atoms with Crippen molar-refractivity contribution in [3.8, 4) is 0 Å². The van der Waals surface area contributed by atoms with Gasteiger partial charge in [0.1, 0.15) is 6.04 Å². The molecule has 1 heterocycles. The molecule has 6 nitrogen and oxygen atoms in total. The second kappa shape index (κ2) is 10.2. The number of alkyl carbamates (subject to hydrolysis) is 1. The Balaban J connectivity index is 0.00000288. The lowest BCUT2D eigenvalue weighted by atomic mass is 10.1. The van der Waals surface area contributed by atoms with E-state index in [1.165, 1.54) is 0 Å². The Bertz CT molecular complexity index is 638. The summed E-state index contributed by atoms with van der Waals surface area (Å²) in [6, 6.07) is 11.8. The SMILES string of the molecule is Cl.O=C(NC(Cc1ccccc1)C(=O)O)OCCc1cccnc1. The van der Waals surface area contributed by atoms with Crippen molar-refractivity contribution in [1.82, 2.24) is 10.3 Å². The van der Waals surface area contributed by atoms with Gasteiger partial charge in [-0.2, -0.15) is 0 Å². The van der Waals surface area contributed by atoms with Gasteiger partial charge in [-0.15, -0.1) is 12.4 Å². The summed E-state index contributed by atoms with van der Waals surface area (Å²) in [4.78, 5) is 26.9. The summed E-state index contributed by atoms with van der Waals surface area (Å²) in [5.74, 6) is -1.10. The molecule has 0 aliphatic rings. The minimum Gasteiger partial charge on any atom is -0.480 e. The van der Waals surface area contributed by atoms with Crippen LogP contribution >= 0.6 is 12.4 Å². The second-order valence-electron chi connectivity index (χ2n) is 4.97. The van der Waals surface area contributed by atoms with Crippen LogP contribution < -0.4 is 5.32 Å². The maximum absolute atomic E-state index is 11.7. The Morgan fingerprint density at radius 2 is 1.83 bits per heavy atom. The molecule has 0 fully saturated rings. The van der Waals surface area contributed by atoms with Crippen LogP contribution in [0.3, 0.4) is 0 Å². The predicted octanol–water partition coefficient (Wildman–Crippen LogP) is 2.47. The molecule has 0 spiro atoms. The van der Waals surface area contributed by atoms with E-state index in [0.717, 1.165) is 11.1 Å². The third-order valence-electron chi connectivity index (χ3n) is 3.22. The van der Waals surface area contributed by atoms with E-state index in [1.54, 1.807) is 18.5 Å². The third-order valence-corrected chi connectivity index (χ3v) is 3.22. The summed E-state index contributed by atoms with van der Waals surface area (Å²) < 4.78 is 5.02. The van der Waals surface area contributed by atoms with Crippen LogP contribution in [0, 0.1) is 0 Å². The molecule has 2 rings (SSSR count). The maximum atomic E-state index is 11.7. The van der Waals surface area contributed by atoms with Gasteiger partial charge in [-0.1, -0.05) is 36.4 Å². The number of benzene rings is 1. The number of ether oxygens (including phenoxy) is 1. The van der Waals surface area contributed by atoms with Crippen LogP contribution in [0.2, 0.25) is 0 Å². The lowest BCUT2D eigenvalue weighted by Gasteiger charge is -2.14. The van der Waals surface area contributed by atoms with Crippen molar-refractivity contribution in [3.05, 3.63) is 66.0 Å². The molecule has 2 aromatic rings. The van der Waals surface area contributed by atoms with Gasteiger partial charge in [0.2, 0.25) is 0 Å². The fourth-order valence-electron chi connectivity index (χ4n) is 2.04. The number of aromatic nitrogens is 1. The minimum atomic E-state index is -1.10. The molecule has 1 aromatic carbocycles. The molecule has 1 amide bonds. The van der Waals surface area contributed by atoms with Crippen LogP contribution in [0.1, 0.15) is 11.1 Å². The molecule has 1 atom stereocenters. The Labute approximate surface area is 146 Å². The standard InChI is InChI=1S/C17H18N2O4.ClH/c20-16(21)15(11-13-5-2-1-3-6-13)19-17(22)23-10-8-14-7-4-9-18-12-14;/h1-7,9,12,15H,8,10-11H2,(H,19,22)(H,20,21);1H. The first-order chi connectivity index (χ1) is 11.1. The van der Waals surface area contributed by atoms with E-state index in [2.05, 4.69) is 10.3 Å². The van der Waals surface area contributed by atoms with Crippen molar-refractivity contribution in [2.75, 3.05) is 6.61 Å². The van der Waals surface area contributed by atoms with Gasteiger partial charge in [-0.05, 0) is 17.2 Å². The molecule has 0 radical (unpaired) electrons. The van der Waals surface area contributed by atoms with Crippen molar-refractivity contribution in [3.63, 3.8) is 0 Å². The van der Waals surface area contributed by atoms with Crippen LogP contribution in [0.5, 0.6) is 0 Å². The molecule has 2 N–H and O–H groups in total. The quantitative estimate of drug-likeness (QED) is 0.800. The summed E-state index contributed by atoms with van der Waals surface area (Å²) in [6.07, 6.45) is 3.35. The van der Waals surface area contributed by atoms with Gasteiger partial charge in [0.15, 0.2) is 0 Å². The highest BCUT2D eigenvalue weighted by molar-refractivity contribution is 5.85. The van der Waals surface area contributed by atoms with Crippen molar-refractivity contribution < 1.29 is 19.4 Å². The van der Waals surface area contributed by atoms with Gasteiger partial charge < -0.3 is 15.2 Å². The van der Waals surface area contributed by atoms with E-state index >= 15 is 0 Å². The average Bonchev–Trinajstić information content (AvgIpc) is 2.56. The Morgan fingerprint density at radius 1 is 1.12 bits per heavy atom. The summed E-state index contributed by atoms with van der Waals surface area (Å²) >= 11 is 0. The number of hydrogen-bond acceptors (Lipinski definition) is 4. The summed E-state index contributed by atoms with van der Waals surface area (Å²) in [5.41, 5.74) is 1.77. The fraction of sp³-hybridized carbons (Fsp3) is 0.235. The summed E-state index contributed by atoms with van der Waals surface area (Å²) in [7, 11) is 0. The van der Waals surface area contributed by atoms with Crippen LogP contribution in [0.4, 0.5) is 4.79 Å². The van der Waals surface area contributed by atoms with Gasteiger partial charge in [0.05, 0.1) is 6.61 Å². The number of carboxylic acids is 1. The van der Waals surface area contributed by atoms with Gasteiger partial charge in [0.25, 0.3) is 0 Å². The van der Waals surface area contributed by atoms with Crippen LogP contribution in [0.25, 0.3) is 0 Å². The number of hydrogen-bond donors (Lipinski definition) is 2. The minimum absolute atomic E-state index is 0. The number of nitrogens with one attached hydrogen (secondary N) is 1. The van der Waals surface area contributed by atoms with Crippen LogP contribution in [-0.4, -0.2) is 34.8 Å².